The van der Waals surface area contributed by atoms with E-state index in [4.69, 9.17) is 0 Å². The summed E-state index contributed by atoms with van der Waals surface area (Å²) in [7, 11) is -1.96. The molecule has 1 aromatic rings. The van der Waals surface area contributed by atoms with Gasteiger partial charge in [0.1, 0.15) is 4.90 Å². The van der Waals surface area contributed by atoms with Gasteiger partial charge in [-0.1, -0.05) is 6.08 Å². The summed E-state index contributed by atoms with van der Waals surface area (Å²) in [4.78, 5) is 3.98. The third-order valence-corrected chi connectivity index (χ3v) is 4.00. The van der Waals surface area contributed by atoms with E-state index < -0.39 is 10.0 Å². The van der Waals surface area contributed by atoms with Crippen molar-refractivity contribution in [1.29, 1.82) is 0 Å². The molecule has 0 radical (unpaired) electrons. The van der Waals surface area contributed by atoms with Crippen LogP contribution in [0, 0.1) is 0 Å². The SMILES string of the molecule is C=CCN(C)S(=O)(=O)c1cncc(Br)c1. The third-order valence-electron chi connectivity index (χ3n) is 1.77. The molecule has 0 aliphatic heterocycles. The lowest BCUT2D eigenvalue weighted by Crippen LogP contribution is -2.27. The highest BCUT2D eigenvalue weighted by atomic mass is 79.9. The second kappa shape index (κ2) is 4.87. The van der Waals surface area contributed by atoms with E-state index in [1.165, 1.54) is 35.9 Å². The minimum atomic E-state index is -3.45. The highest BCUT2D eigenvalue weighted by Crippen LogP contribution is 2.17. The first-order valence-electron chi connectivity index (χ1n) is 4.16. The number of hydrogen-bond acceptors (Lipinski definition) is 3. The van der Waals surface area contributed by atoms with Gasteiger partial charge in [0.25, 0.3) is 0 Å². The highest BCUT2D eigenvalue weighted by Gasteiger charge is 2.19. The number of pyridine rings is 1. The molecule has 1 heterocycles. The molecular formula is C9H11BrN2O2S. The van der Waals surface area contributed by atoms with Gasteiger partial charge in [-0.2, -0.15) is 4.31 Å². The van der Waals surface area contributed by atoms with Gasteiger partial charge in [-0.15, -0.1) is 6.58 Å². The number of sulfonamides is 1. The maximum absolute atomic E-state index is 11.9. The lowest BCUT2D eigenvalue weighted by Gasteiger charge is -2.14. The summed E-state index contributed by atoms with van der Waals surface area (Å²) in [5.74, 6) is 0. The molecule has 0 aromatic carbocycles. The van der Waals surface area contributed by atoms with E-state index in [-0.39, 0.29) is 11.4 Å². The Balaban J connectivity index is 3.11. The molecular weight excluding hydrogens is 280 g/mol. The van der Waals surface area contributed by atoms with Crippen molar-refractivity contribution in [2.24, 2.45) is 0 Å². The molecule has 0 unspecified atom stereocenters. The van der Waals surface area contributed by atoms with Gasteiger partial charge in [0.2, 0.25) is 10.0 Å². The van der Waals surface area contributed by atoms with E-state index in [2.05, 4.69) is 27.5 Å². The maximum Gasteiger partial charge on any atom is 0.244 e. The van der Waals surface area contributed by atoms with Crippen LogP contribution in [0.2, 0.25) is 0 Å². The summed E-state index contributed by atoms with van der Waals surface area (Å²) in [5, 5.41) is 0. The zero-order chi connectivity index (χ0) is 11.5. The summed E-state index contributed by atoms with van der Waals surface area (Å²) in [6, 6.07) is 1.52. The van der Waals surface area contributed by atoms with E-state index in [9.17, 15) is 8.42 Å². The Kier molecular flexibility index (Phi) is 4.01. The van der Waals surface area contributed by atoms with Gasteiger partial charge in [0.05, 0.1) is 0 Å². The number of aromatic nitrogens is 1. The summed E-state index contributed by atoms with van der Waals surface area (Å²) in [6.07, 6.45) is 4.38. The van der Waals surface area contributed by atoms with Gasteiger partial charge in [-0.3, -0.25) is 4.98 Å². The lowest BCUT2D eigenvalue weighted by molar-refractivity contribution is 0.499. The standard InChI is InChI=1S/C9H11BrN2O2S/c1-3-4-12(2)15(13,14)9-5-8(10)6-11-7-9/h3,5-7H,1,4H2,2H3. The van der Waals surface area contributed by atoms with Crippen LogP contribution < -0.4 is 0 Å². The Bertz CT molecular complexity index is 459. The molecule has 15 heavy (non-hydrogen) atoms. The normalized spacial score (nSPS) is 11.7. The Hall–Kier alpha value is -0.720. The first-order valence-corrected chi connectivity index (χ1v) is 6.39. The van der Waals surface area contributed by atoms with Gasteiger partial charge in [0.15, 0.2) is 0 Å². The molecule has 0 bridgehead atoms. The summed E-state index contributed by atoms with van der Waals surface area (Å²) < 4.78 is 25.6. The van der Waals surface area contributed by atoms with E-state index in [0.717, 1.165) is 0 Å². The molecule has 82 valence electrons. The minimum Gasteiger partial charge on any atom is -0.262 e. The van der Waals surface area contributed by atoms with E-state index in [1.54, 1.807) is 0 Å². The van der Waals surface area contributed by atoms with Crippen LogP contribution in [-0.4, -0.2) is 31.3 Å². The van der Waals surface area contributed by atoms with Crippen molar-refractivity contribution < 1.29 is 8.42 Å². The number of halogens is 1. The molecule has 0 aliphatic rings. The lowest BCUT2D eigenvalue weighted by atomic mass is 10.5. The van der Waals surface area contributed by atoms with E-state index >= 15 is 0 Å². The van der Waals surface area contributed by atoms with Crippen LogP contribution in [0.25, 0.3) is 0 Å². The smallest absolute Gasteiger partial charge is 0.244 e. The predicted octanol–water partition coefficient (Wildman–Crippen LogP) is 1.65. The monoisotopic (exact) mass is 290 g/mol. The van der Waals surface area contributed by atoms with Gasteiger partial charge in [-0.25, -0.2) is 8.42 Å². The molecule has 0 amide bonds. The van der Waals surface area contributed by atoms with Crippen molar-refractivity contribution in [1.82, 2.24) is 9.29 Å². The fraction of sp³-hybridized carbons (Fsp3) is 0.222. The summed E-state index contributed by atoms with van der Waals surface area (Å²) in [5.41, 5.74) is 0. The van der Waals surface area contributed by atoms with E-state index in [1.807, 2.05) is 0 Å². The van der Waals surface area contributed by atoms with Crippen molar-refractivity contribution in [3.63, 3.8) is 0 Å². The second-order valence-electron chi connectivity index (χ2n) is 2.91. The molecule has 1 rings (SSSR count). The fourth-order valence-electron chi connectivity index (χ4n) is 0.993. The summed E-state index contributed by atoms with van der Waals surface area (Å²) >= 11 is 3.18. The largest absolute Gasteiger partial charge is 0.262 e. The van der Waals surface area contributed by atoms with Crippen LogP contribution in [0.4, 0.5) is 0 Å². The molecule has 0 saturated heterocycles. The van der Waals surface area contributed by atoms with Crippen LogP contribution in [0.5, 0.6) is 0 Å². The predicted molar refractivity (Wildman–Crippen MR) is 61.9 cm³/mol. The van der Waals surface area contributed by atoms with Crippen molar-refractivity contribution >= 4 is 26.0 Å². The zero-order valence-corrected chi connectivity index (χ0v) is 10.6. The molecule has 0 N–H and O–H groups in total. The van der Waals surface area contributed by atoms with Crippen molar-refractivity contribution in [2.75, 3.05) is 13.6 Å². The van der Waals surface area contributed by atoms with Gasteiger partial charge >= 0.3 is 0 Å². The maximum atomic E-state index is 11.9. The molecule has 1 aromatic heterocycles. The molecule has 0 spiro atoms. The first kappa shape index (κ1) is 12.4. The average Bonchev–Trinajstić information content (AvgIpc) is 2.18. The Morgan fingerprint density at radius 2 is 2.27 bits per heavy atom. The minimum absolute atomic E-state index is 0.168. The van der Waals surface area contributed by atoms with Crippen LogP contribution in [0.3, 0.4) is 0 Å². The number of rotatable bonds is 4. The Morgan fingerprint density at radius 3 is 2.80 bits per heavy atom. The van der Waals surface area contributed by atoms with E-state index in [0.29, 0.717) is 4.47 Å². The average molecular weight is 291 g/mol. The molecule has 0 fully saturated rings. The Labute approximate surface area is 97.8 Å². The molecule has 0 aliphatic carbocycles. The molecule has 0 atom stereocenters. The highest BCUT2D eigenvalue weighted by molar-refractivity contribution is 9.10. The molecule has 0 saturated carbocycles. The van der Waals surface area contributed by atoms with Crippen LogP contribution in [0.1, 0.15) is 0 Å². The quantitative estimate of drug-likeness (QED) is 0.793. The second-order valence-corrected chi connectivity index (χ2v) is 5.87. The van der Waals surface area contributed by atoms with Crippen LogP contribution in [0.15, 0.2) is 40.5 Å². The van der Waals surface area contributed by atoms with Crippen molar-refractivity contribution in [3.8, 4) is 0 Å². The third kappa shape index (κ3) is 2.87. The topological polar surface area (TPSA) is 50.3 Å². The fourth-order valence-corrected chi connectivity index (χ4v) is 2.64. The molecule has 4 nitrogen and oxygen atoms in total. The Morgan fingerprint density at radius 1 is 1.60 bits per heavy atom. The van der Waals surface area contributed by atoms with Crippen molar-refractivity contribution in [2.45, 2.75) is 4.90 Å². The van der Waals surface area contributed by atoms with Gasteiger partial charge in [0, 0.05) is 30.5 Å². The molecule has 6 heteroatoms. The van der Waals surface area contributed by atoms with Crippen molar-refractivity contribution in [3.05, 3.63) is 35.6 Å². The number of hydrogen-bond donors (Lipinski definition) is 0. The number of nitrogens with zero attached hydrogens (tertiary/aromatic N) is 2. The van der Waals surface area contributed by atoms with Crippen LogP contribution in [-0.2, 0) is 10.0 Å². The first-order chi connectivity index (χ1) is 6.98. The number of likely N-dealkylation sites (N-methyl/N-ethyl adjacent to an activating group) is 1. The summed E-state index contributed by atoms with van der Waals surface area (Å²) in [6.45, 7) is 3.77. The van der Waals surface area contributed by atoms with Crippen LogP contribution >= 0.6 is 15.9 Å². The zero-order valence-electron chi connectivity index (χ0n) is 8.22. The van der Waals surface area contributed by atoms with Gasteiger partial charge in [-0.05, 0) is 22.0 Å². The van der Waals surface area contributed by atoms with Gasteiger partial charge < -0.3 is 0 Å².